The van der Waals surface area contributed by atoms with E-state index in [-0.39, 0.29) is 11.3 Å². The van der Waals surface area contributed by atoms with Crippen LogP contribution < -0.4 is 5.32 Å². The summed E-state index contributed by atoms with van der Waals surface area (Å²) in [6.07, 6.45) is 7.49. The number of nitrogens with zero attached hydrogens (tertiary/aromatic N) is 1. The zero-order valence-electron chi connectivity index (χ0n) is 15.8. The molecule has 4 aliphatic carbocycles. The molecule has 26 heavy (non-hydrogen) atoms. The zero-order chi connectivity index (χ0) is 18.0. The fourth-order valence-electron chi connectivity index (χ4n) is 5.91. The van der Waals surface area contributed by atoms with Crippen LogP contribution >= 0.6 is 0 Å². The van der Waals surface area contributed by atoms with Crippen LogP contribution in [0.4, 0.5) is 0 Å². The van der Waals surface area contributed by atoms with Crippen LogP contribution in [0.5, 0.6) is 0 Å². The fraction of sp³-hybridized carbons (Fsp3) is 0.609. The Balaban J connectivity index is 1.23. The van der Waals surface area contributed by atoms with Gasteiger partial charge in [0.1, 0.15) is 0 Å². The molecule has 0 saturated heterocycles. The second-order valence-corrected chi connectivity index (χ2v) is 8.89. The van der Waals surface area contributed by atoms with Crippen LogP contribution in [-0.2, 0) is 11.3 Å². The number of carbonyl (C=O) groups is 1. The van der Waals surface area contributed by atoms with Crippen molar-refractivity contribution in [3.63, 3.8) is 0 Å². The molecule has 3 nitrogen and oxygen atoms in total. The molecular formula is C23H30N2O. The van der Waals surface area contributed by atoms with Gasteiger partial charge < -0.3 is 5.32 Å². The topological polar surface area (TPSA) is 32.3 Å². The van der Waals surface area contributed by atoms with Gasteiger partial charge in [0.25, 0.3) is 0 Å². The van der Waals surface area contributed by atoms with Gasteiger partial charge in [0, 0.05) is 12.0 Å². The van der Waals surface area contributed by atoms with Crippen LogP contribution in [0.2, 0.25) is 0 Å². The number of amides is 1. The molecule has 0 aromatic heterocycles. The maximum absolute atomic E-state index is 12.8. The third-order valence-corrected chi connectivity index (χ3v) is 6.63. The Morgan fingerprint density at radius 3 is 2.31 bits per heavy atom. The fourth-order valence-corrected chi connectivity index (χ4v) is 5.91. The molecule has 4 fully saturated rings. The van der Waals surface area contributed by atoms with E-state index in [0.29, 0.717) is 6.54 Å². The SMILES string of the molecule is CN(CC#CCNC(=O)C12CC3CC(CC(C3)C1)C2)Cc1ccccc1. The van der Waals surface area contributed by atoms with Gasteiger partial charge >= 0.3 is 0 Å². The van der Waals surface area contributed by atoms with Crippen molar-refractivity contribution < 1.29 is 4.79 Å². The van der Waals surface area contributed by atoms with Crippen molar-refractivity contribution >= 4 is 5.91 Å². The number of rotatable bonds is 5. The molecule has 0 atom stereocenters. The number of hydrogen-bond donors (Lipinski definition) is 1. The maximum atomic E-state index is 12.8. The molecule has 1 N–H and O–H groups in total. The number of carbonyl (C=O) groups excluding carboxylic acids is 1. The van der Waals surface area contributed by atoms with Crippen LogP contribution in [-0.4, -0.2) is 30.9 Å². The third-order valence-electron chi connectivity index (χ3n) is 6.63. The van der Waals surface area contributed by atoms with E-state index >= 15 is 0 Å². The first-order valence-electron chi connectivity index (χ1n) is 10.1. The molecule has 138 valence electrons. The molecule has 0 radical (unpaired) electrons. The van der Waals surface area contributed by atoms with Crippen molar-refractivity contribution in [3.8, 4) is 11.8 Å². The van der Waals surface area contributed by atoms with Gasteiger partial charge in [0.2, 0.25) is 5.91 Å². The Morgan fingerprint density at radius 1 is 1.08 bits per heavy atom. The molecule has 5 rings (SSSR count). The molecule has 0 aliphatic heterocycles. The van der Waals surface area contributed by atoms with Gasteiger partial charge in [-0.2, -0.15) is 0 Å². The first-order chi connectivity index (χ1) is 12.6. The van der Waals surface area contributed by atoms with Gasteiger partial charge in [-0.1, -0.05) is 42.2 Å². The summed E-state index contributed by atoms with van der Waals surface area (Å²) in [4.78, 5) is 15.0. The van der Waals surface area contributed by atoms with E-state index in [9.17, 15) is 4.79 Å². The lowest BCUT2D eigenvalue weighted by atomic mass is 9.49. The van der Waals surface area contributed by atoms with Crippen LogP contribution in [0.15, 0.2) is 30.3 Å². The summed E-state index contributed by atoms with van der Waals surface area (Å²) in [6.45, 7) is 2.11. The van der Waals surface area contributed by atoms with Crippen molar-refractivity contribution in [2.45, 2.75) is 45.1 Å². The minimum atomic E-state index is -0.0550. The lowest BCUT2D eigenvalue weighted by Gasteiger charge is -2.55. The number of benzene rings is 1. The highest BCUT2D eigenvalue weighted by atomic mass is 16.2. The summed E-state index contributed by atoms with van der Waals surface area (Å²) < 4.78 is 0. The molecule has 0 spiro atoms. The summed E-state index contributed by atoms with van der Waals surface area (Å²) in [5, 5.41) is 3.13. The van der Waals surface area contributed by atoms with Gasteiger partial charge in [0.15, 0.2) is 0 Å². The quantitative estimate of drug-likeness (QED) is 0.825. The largest absolute Gasteiger partial charge is 0.345 e. The zero-order valence-corrected chi connectivity index (χ0v) is 15.8. The van der Waals surface area contributed by atoms with Gasteiger partial charge in [-0.3, -0.25) is 9.69 Å². The van der Waals surface area contributed by atoms with E-state index in [1.807, 2.05) is 6.07 Å². The molecule has 0 unspecified atom stereocenters. The van der Waals surface area contributed by atoms with Crippen molar-refractivity contribution in [1.82, 2.24) is 10.2 Å². The third kappa shape index (κ3) is 3.81. The normalized spacial score (nSPS) is 31.5. The lowest BCUT2D eigenvalue weighted by Crippen LogP contribution is -2.53. The average molecular weight is 351 g/mol. The highest BCUT2D eigenvalue weighted by Crippen LogP contribution is 2.60. The summed E-state index contributed by atoms with van der Waals surface area (Å²) in [5.41, 5.74) is 1.24. The number of hydrogen-bond acceptors (Lipinski definition) is 2. The van der Waals surface area contributed by atoms with Gasteiger partial charge in [-0.25, -0.2) is 0 Å². The minimum Gasteiger partial charge on any atom is -0.345 e. The van der Waals surface area contributed by atoms with Crippen molar-refractivity contribution in [3.05, 3.63) is 35.9 Å². The van der Waals surface area contributed by atoms with Crippen molar-refractivity contribution in [2.24, 2.45) is 23.2 Å². The van der Waals surface area contributed by atoms with Crippen LogP contribution in [0.25, 0.3) is 0 Å². The monoisotopic (exact) mass is 350 g/mol. The molecular weight excluding hydrogens is 320 g/mol. The summed E-state index contributed by atoms with van der Waals surface area (Å²) in [7, 11) is 2.08. The first kappa shape index (κ1) is 17.6. The summed E-state index contributed by atoms with van der Waals surface area (Å²) in [6, 6.07) is 10.4. The van der Waals surface area contributed by atoms with Crippen LogP contribution in [0, 0.1) is 35.0 Å². The van der Waals surface area contributed by atoms with E-state index in [1.165, 1.54) is 24.8 Å². The maximum Gasteiger partial charge on any atom is 0.226 e. The molecule has 1 amide bonds. The Kier molecular flexibility index (Phi) is 5.05. The molecule has 1 aromatic rings. The molecule has 3 heteroatoms. The molecule has 0 heterocycles. The Hall–Kier alpha value is -1.79. The number of nitrogens with one attached hydrogen (secondary N) is 1. The summed E-state index contributed by atoms with van der Waals surface area (Å²) >= 11 is 0. The minimum absolute atomic E-state index is 0.0550. The Bertz CT molecular complexity index is 665. The van der Waals surface area contributed by atoms with E-state index in [4.69, 9.17) is 0 Å². The van der Waals surface area contributed by atoms with E-state index in [2.05, 4.69) is 53.4 Å². The smallest absolute Gasteiger partial charge is 0.226 e. The van der Waals surface area contributed by atoms with Gasteiger partial charge in [0.05, 0.1) is 13.1 Å². The standard InChI is InChI=1S/C23H30N2O/c1-25(17-18-7-3-2-4-8-18)10-6-5-9-24-22(26)23-14-19-11-20(15-23)13-21(12-19)16-23/h2-4,7-8,19-21H,9-17H2,1H3,(H,24,26). The summed E-state index contributed by atoms with van der Waals surface area (Å²) in [5.74, 6) is 9.05. The van der Waals surface area contributed by atoms with E-state index in [1.54, 1.807) is 0 Å². The van der Waals surface area contributed by atoms with Crippen LogP contribution in [0.3, 0.4) is 0 Å². The highest BCUT2D eigenvalue weighted by Gasteiger charge is 2.54. The predicted molar refractivity (Wildman–Crippen MR) is 104 cm³/mol. The molecule has 1 aromatic carbocycles. The Morgan fingerprint density at radius 2 is 1.69 bits per heavy atom. The van der Waals surface area contributed by atoms with Gasteiger partial charge in [-0.15, -0.1) is 0 Å². The van der Waals surface area contributed by atoms with E-state index < -0.39 is 0 Å². The average Bonchev–Trinajstić information content (AvgIpc) is 2.61. The van der Waals surface area contributed by atoms with Crippen molar-refractivity contribution in [2.75, 3.05) is 20.1 Å². The van der Waals surface area contributed by atoms with Crippen LogP contribution in [0.1, 0.15) is 44.1 Å². The molecule has 4 bridgehead atoms. The predicted octanol–water partition coefficient (Wildman–Crippen LogP) is 3.45. The van der Waals surface area contributed by atoms with E-state index in [0.717, 1.165) is 50.1 Å². The van der Waals surface area contributed by atoms with Crippen molar-refractivity contribution in [1.29, 1.82) is 0 Å². The van der Waals surface area contributed by atoms with Gasteiger partial charge in [-0.05, 0) is 68.9 Å². The second kappa shape index (κ2) is 7.45. The second-order valence-electron chi connectivity index (χ2n) is 8.89. The first-order valence-corrected chi connectivity index (χ1v) is 10.1. The highest BCUT2D eigenvalue weighted by molar-refractivity contribution is 5.83. The molecule has 4 saturated carbocycles. The lowest BCUT2D eigenvalue weighted by molar-refractivity contribution is -0.145. The Labute approximate surface area is 157 Å². The molecule has 4 aliphatic rings.